The van der Waals surface area contributed by atoms with Gasteiger partial charge in [-0.2, -0.15) is 0 Å². The van der Waals surface area contributed by atoms with Crippen LogP contribution in [0.3, 0.4) is 0 Å². The van der Waals surface area contributed by atoms with Crippen LogP contribution < -0.4 is 23.7 Å². The summed E-state index contributed by atoms with van der Waals surface area (Å²) < 4.78 is 28.5. The van der Waals surface area contributed by atoms with E-state index in [0.29, 0.717) is 40.7 Å². The number of hydrogen-bond acceptors (Lipinski definition) is 6. The molecule has 2 aromatic carbocycles. The Morgan fingerprint density at radius 1 is 0.943 bits per heavy atom. The SMILES string of the molecule is COc1ccc([C@@H]2CC(=O)c3c(cc(OC)c(CC=C(C)CCC=C(C)C)c3OC)O2)cc1OC. The third kappa shape index (κ3) is 5.99. The molecule has 0 spiro atoms. The van der Waals surface area contributed by atoms with E-state index in [-0.39, 0.29) is 12.2 Å². The third-order valence-corrected chi connectivity index (χ3v) is 6.18. The van der Waals surface area contributed by atoms with E-state index < -0.39 is 6.10 Å². The molecule has 6 heteroatoms. The fourth-order valence-corrected chi connectivity index (χ4v) is 4.28. The Labute approximate surface area is 208 Å². The Morgan fingerprint density at radius 3 is 2.29 bits per heavy atom. The van der Waals surface area contributed by atoms with Crippen LogP contribution in [0.1, 0.15) is 67.6 Å². The van der Waals surface area contributed by atoms with Crippen LogP contribution in [0.2, 0.25) is 0 Å². The maximum atomic E-state index is 13.3. The highest BCUT2D eigenvalue weighted by Crippen LogP contribution is 2.46. The lowest BCUT2D eigenvalue weighted by Gasteiger charge is -2.28. The molecule has 1 atom stereocenters. The van der Waals surface area contributed by atoms with Crippen LogP contribution in [-0.2, 0) is 6.42 Å². The van der Waals surface area contributed by atoms with E-state index in [1.165, 1.54) is 11.1 Å². The number of rotatable bonds is 10. The molecule has 0 bridgehead atoms. The lowest BCUT2D eigenvalue weighted by molar-refractivity contribution is 0.0843. The molecule has 0 aromatic heterocycles. The summed E-state index contributed by atoms with van der Waals surface area (Å²) in [5, 5.41) is 0. The van der Waals surface area contributed by atoms with Crippen molar-refractivity contribution < 1.29 is 28.5 Å². The molecule has 6 nitrogen and oxygen atoms in total. The smallest absolute Gasteiger partial charge is 0.174 e. The van der Waals surface area contributed by atoms with Gasteiger partial charge in [-0.3, -0.25) is 4.79 Å². The van der Waals surface area contributed by atoms with Crippen molar-refractivity contribution >= 4 is 5.78 Å². The van der Waals surface area contributed by atoms with Gasteiger partial charge in [-0.1, -0.05) is 29.4 Å². The van der Waals surface area contributed by atoms with E-state index in [0.717, 1.165) is 24.0 Å². The van der Waals surface area contributed by atoms with Crippen LogP contribution in [0, 0.1) is 0 Å². The molecule has 0 N–H and O–H groups in total. The first-order chi connectivity index (χ1) is 16.8. The predicted molar refractivity (Wildman–Crippen MR) is 138 cm³/mol. The minimum Gasteiger partial charge on any atom is -0.496 e. The summed E-state index contributed by atoms with van der Waals surface area (Å²) >= 11 is 0. The second kappa shape index (κ2) is 11.8. The Kier molecular flexibility index (Phi) is 8.85. The number of methoxy groups -OCH3 is 4. The molecule has 3 rings (SSSR count). The number of carbonyl (C=O) groups is 1. The number of ketones is 1. The zero-order valence-electron chi connectivity index (χ0n) is 21.8. The van der Waals surface area contributed by atoms with Crippen molar-refractivity contribution in [2.24, 2.45) is 0 Å². The van der Waals surface area contributed by atoms with Crippen LogP contribution in [0.15, 0.2) is 47.6 Å². The largest absolute Gasteiger partial charge is 0.496 e. The number of carbonyl (C=O) groups excluding carboxylic acids is 1. The summed E-state index contributed by atoms with van der Waals surface area (Å²) in [6.07, 6.45) is 6.75. The number of hydrogen-bond donors (Lipinski definition) is 0. The van der Waals surface area contributed by atoms with E-state index in [4.69, 9.17) is 23.7 Å². The van der Waals surface area contributed by atoms with Gasteiger partial charge in [0, 0.05) is 11.6 Å². The van der Waals surface area contributed by atoms with Crippen molar-refractivity contribution in [1.29, 1.82) is 0 Å². The number of benzene rings is 2. The molecule has 1 aliphatic rings. The highest BCUT2D eigenvalue weighted by atomic mass is 16.5. The van der Waals surface area contributed by atoms with Crippen LogP contribution in [0.4, 0.5) is 0 Å². The molecule has 1 heterocycles. The molecule has 188 valence electrons. The lowest BCUT2D eigenvalue weighted by Crippen LogP contribution is -2.22. The number of allylic oxidation sites excluding steroid dienone is 4. The highest BCUT2D eigenvalue weighted by Gasteiger charge is 2.33. The average molecular weight is 481 g/mol. The molecule has 1 aliphatic heterocycles. The van der Waals surface area contributed by atoms with Gasteiger partial charge in [0.05, 0.1) is 34.9 Å². The first-order valence-corrected chi connectivity index (χ1v) is 11.8. The van der Waals surface area contributed by atoms with Gasteiger partial charge in [-0.05, 0) is 57.7 Å². The molecule has 0 aliphatic carbocycles. The minimum atomic E-state index is -0.452. The van der Waals surface area contributed by atoms with Crippen LogP contribution in [0.25, 0.3) is 0 Å². The van der Waals surface area contributed by atoms with Crippen molar-refractivity contribution in [3.05, 3.63) is 64.3 Å². The summed E-state index contributed by atoms with van der Waals surface area (Å²) in [7, 11) is 6.37. The molecule has 2 aromatic rings. The lowest BCUT2D eigenvalue weighted by atomic mass is 9.92. The first-order valence-electron chi connectivity index (χ1n) is 11.8. The highest BCUT2D eigenvalue weighted by molar-refractivity contribution is 6.03. The Morgan fingerprint density at radius 2 is 1.66 bits per heavy atom. The van der Waals surface area contributed by atoms with Crippen molar-refractivity contribution in [3.8, 4) is 28.7 Å². The topological polar surface area (TPSA) is 63.2 Å². The quantitative estimate of drug-likeness (QED) is 0.354. The van der Waals surface area contributed by atoms with Gasteiger partial charge in [0.2, 0.25) is 0 Å². The van der Waals surface area contributed by atoms with E-state index in [2.05, 4.69) is 32.9 Å². The number of ether oxygens (including phenoxy) is 5. The Balaban J connectivity index is 1.93. The molecular formula is C29H36O6. The Hall–Kier alpha value is -3.41. The molecule has 0 radical (unpaired) electrons. The molecule has 0 amide bonds. The zero-order chi connectivity index (χ0) is 25.5. The maximum Gasteiger partial charge on any atom is 0.174 e. The summed E-state index contributed by atoms with van der Waals surface area (Å²) in [4.78, 5) is 13.3. The van der Waals surface area contributed by atoms with Gasteiger partial charge in [0.15, 0.2) is 17.3 Å². The first kappa shape index (κ1) is 26.2. The van der Waals surface area contributed by atoms with Crippen molar-refractivity contribution in [3.63, 3.8) is 0 Å². The minimum absolute atomic E-state index is 0.0314. The standard InChI is InChI=1S/C29H36O6/c1-18(2)9-8-10-19(3)11-13-21-25(32-5)17-27-28(29(21)34-7)22(30)16-24(35-27)20-12-14-23(31-4)26(15-20)33-6/h9,11-12,14-15,17,24H,8,10,13,16H2,1-7H3/t24-/m0/s1. The normalized spacial score (nSPS) is 15.1. The van der Waals surface area contributed by atoms with Crippen molar-refractivity contribution in [2.75, 3.05) is 28.4 Å². The van der Waals surface area contributed by atoms with Gasteiger partial charge in [-0.25, -0.2) is 0 Å². The molecule has 0 fully saturated rings. The van der Waals surface area contributed by atoms with Crippen molar-refractivity contribution in [1.82, 2.24) is 0 Å². The van der Waals surface area contributed by atoms with Crippen LogP contribution in [0.5, 0.6) is 28.7 Å². The summed E-state index contributed by atoms with van der Waals surface area (Å²) in [6, 6.07) is 7.34. The van der Waals surface area contributed by atoms with E-state index in [9.17, 15) is 4.79 Å². The van der Waals surface area contributed by atoms with Gasteiger partial charge >= 0.3 is 0 Å². The molecule has 0 saturated carbocycles. The van der Waals surface area contributed by atoms with Gasteiger partial charge in [-0.15, -0.1) is 0 Å². The zero-order valence-corrected chi connectivity index (χ0v) is 21.8. The van der Waals surface area contributed by atoms with Crippen molar-refractivity contribution in [2.45, 2.75) is 52.6 Å². The number of Topliss-reactive ketones (excluding diaryl/α,β-unsaturated/α-hetero) is 1. The van der Waals surface area contributed by atoms with Gasteiger partial charge < -0.3 is 23.7 Å². The monoisotopic (exact) mass is 480 g/mol. The summed E-state index contributed by atoms with van der Waals surface area (Å²) in [5.41, 5.74) is 4.74. The average Bonchev–Trinajstić information content (AvgIpc) is 2.85. The molecule has 35 heavy (non-hydrogen) atoms. The maximum absolute atomic E-state index is 13.3. The fraction of sp³-hybridized carbons (Fsp3) is 0.414. The van der Waals surface area contributed by atoms with Gasteiger partial charge in [0.1, 0.15) is 28.9 Å². The van der Waals surface area contributed by atoms with Gasteiger partial charge in [0.25, 0.3) is 0 Å². The predicted octanol–water partition coefficient (Wildman–Crippen LogP) is 6.66. The molecule has 0 saturated heterocycles. The Bertz CT molecular complexity index is 1120. The van der Waals surface area contributed by atoms with Crippen LogP contribution >= 0.6 is 0 Å². The molecule has 0 unspecified atom stereocenters. The van der Waals surface area contributed by atoms with E-state index in [1.807, 2.05) is 18.2 Å². The van der Waals surface area contributed by atoms with E-state index in [1.54, 1.807) is 34.5 Å². The molecular weight excluding hydrogens is 444 g/mol. The number of fused-ring (bicyclic) bond motifs is 1. The summed E-state index contributed by atoms with van der Waals surface area (Å²) in [5.74, 6) is 2.79. The second-order valence-corrected chi connectivity index (χ2v) is 8.89. The second-order valence-electron chi connectivity index (χ2n) is 8.89. The van der Waals surface area contributed by atoms with Crippen LogP contribution in [-0.4, -0.2) is 34.2 Å². The third-order valence-electron chi connectivity index (χ3n) is 6.18. The fourth-order valence-electron chi connectivity index (χ4n) is 4.28. The summed E-state index contributed by atoms with van der Waals surface area (Å²) in [6.45, 7) is 6.34. The van der Waals surface area contributed by atoms with E-state index >= 15 is 0 Å².